The summed E-state index contributed by atoms with van der Waals surface area (Å²) in [5.74, 6) is 1.06. The molecule has 0 aliphatic carbocycles. The highest BCUT2D eigenvalue weighted by Crippen LogP contribution is 2.12. The monoisotopic (exact) mass is 180 g/mol. The Morgan fingerprint density at radius 2 is 2.46 bits per heavy atom. The molecule has 0 aliphatic rings. The van der Waals surface area contributed by atoms with Crippen LogP contribution in [0.4, 0.5) is 11.5 Å². The second-order valence-electron chi connectivity index (χ2n) is 2.38. The van der Waals surface area contributed by atoms with Gasteiger partial charge in [0.25, 0.3) is 0 Å². The van der Waals surface area contributed by atoms with E-state index in [0.717, 1.165) is 5.69 Å². The number of hydrogen-bond acceptors (Lipinski definition) is 6. The van der Waals surface area contributed by atoms with Gasteiger partial charge in [0.05, 0.1) is 18.4 Å². The largest absolute Gasteiger partial charge is 0.382 e. The number of nitrogens with one attached hydrogen (secondary N) is 3. The van der Waals surface area contributed by atoms with Crippen LogP contribution in [0.2, 0.25) is 0 Å². The van der Waals surface area contributed by atoms with Gasteiger partial charge in [-0.05, 0) is 0 Å². The average molecular weight is 180 g/mol. The lowest BCUT2D eigenvalue weighted by atomic mass is 10.5. The van der Waals surface area contributed by atoms with Crippen LogP contribution in [0.15, 0.2) is 6.20 Å². The lowest BCUT2D eigenvalue weighted by Crippen LogP contribution is -2.02. The summed E-state index contributed by atoms with van der Waals surface area (Å²) in [7, 11) is 0. The third-order valence-electron chi connectivity index (χ3n) is 1.49. The molecule has 0 amide bonds. The van der Waals surface area contributed by atoms with E-state index in [1.54, 1.807) is 6.20 Å². The van der Waals surface area contributed by atoms with Gasteiger partial charge in [0, 0.05) is 0 Å². The van der Waals surface area contributed by atoms with Crippen molar-refractivity contribution in [2.45, 2.75) is 6.54 Å². The Labute approximate surface area is 72.9 Å². The molecule has 13 heavy (non-hydrogen) atoms. The quantitative estimate of drug-likeness (QED) is 0.486. The molecular formula is C5H8N8. The number of hydrogen-bond donors (Lipinski definition) is 4. The first-order valence-electron chi connectivity index (χ1n) is 3.61. The molecule has 0 atom stereocenters. The molecule has 0 radical (unpaired) electrons. The van der Waals surface area contributed by atoms with E-state index in [1.165, 1.54) is 0 Å². The summed E-state index contributed by atoms with van der Waals surface area (Å²) in [5.41, 5.74) is 6.26. The third kappa shape index (κ3) is 1.55. The molecule has 0 fully saturated rings. The summed E-state index contributed by atoms with van der Waals surface area (Å²) in [4.78, 5) is 0. The van der Waals surface area contributed by atoms with Crippen LogP contribution >= 0.6 is 0 Å². The molecule has 0 unspecified atom stereocenters. The van der Waals surface area contributed by atoms with Crippen LogP contribution in [0.25, 0.3) is 0 Å². The van der Waals surface area contributed by atoms with Crippen molar-refractivity contribution in [1.29, 1.82) is 0 Å². The van der Waals surface area contributed by atoms with Crippen LogP contribution in [0.3, 0.4) is 0 Å². The van der Waals surface area contributed by atoms with Crippen molar-refractivity contribution in [3.05, 3.63) is 12.0 Å². The van der Waals surface area contributed by atoms with Gasteiger partial charge in [-0.2, -0.15) is 10.3 Å². The van der Waals surface area contributed by atoms with Crippen molar-refractivity contribution in [2.24, 2.45) is 0 Å². The maximum atomic E-state index is 5.54. The first-order chi connectivity index (χ1) is 6.36. The number of aromatic amines is 2. The van der Waals surface area contributed by atoms with E-state index in [-0.39, 0.29) is 0 Å². The van der Waals surface area contributed by atoms with Gasteiger partial charge < -0.3 is 11.1 Å². The minimum absolute atomic E-state index is 0.459. The number of rotatable bonds is 3. The Morgan fingerprint density at radius 3 is 3.08 bits per heavy atom. The summed E-state index contributed by atoms with van der Waals surface area (Å²) >= 11 is 0. The maximum absolute atomic E-state index is 5.54. The summed E-state index contributed by atoms with van der Waals surface area (Å²) in [6.07, 6.45) is 1.59. The zero-order valence-electron chi connectivity index (χ0n) is 6.65. The van der Waals surface area contributed by atoms with Gasteiger partial charge in [0.1, 0.15) is 5.82 Å². The molecule has 2 heterocycles. The maximum Gasteiger partial charge on any atom is 0.193 e. The van der Waals surface area contributed by atoms with Gasteiger partial charge in [-0.15, -0.1) is 10.2 Å². The van der Waals surface area contributed by atoms with Crippen molar-refractivity contribution in [2.75, 3.05) is 11.1 Å². The van der Waals surface area contributed by atoms with Crippen molar-refractivity contribution in [1.82, 2.24) is 30.8 Å². The van der Waals surface area contributed by atoms with Gasteiger partial charge in [0.15, 0.2) is 5.82 Å². The minimum Gasteiger partial charge on any atom is -0.382 e. The molecule has 0 saturated heterocycles. The Kier molecular flexibility index (Phi) is 1.79. The lowest BCUT2D eigenvalue weighted by Gasteiger charge is -1.99. The fourth-order valence-electron chi connectivity index (χ4n) is 0.869. The van der Waals surface area contributed by atoms with Crippen molar-refractivity contribution in [3.63, 3.8) is 0 Å². The predicted octanol–water partition coefficient (Wildman–Crippen LogP) is -0.883. The topological polar surface area (TPSA) is 121 Å². The van der Waals surface area contributed by atoms with Crippen LogP contribution in [0.5, 0.6) is 0 Å². The van der Waals surface area contributed by atoms with E-state index in [0.29, 0.717) is 18.2 Å². The van der Waals surface area contributed by atoms with Crippen LogP contribution in [-0.4, -0.2) is 30.8 Å². The Bertz CT molecular complexity index is 362. The van der Waals surface area contributed by atoms with Crippen LogP contribution < -0.4 is 11.1 Å². The second kappa shape index (κ2) is 3.09. The Morgan fingerprint density at radius 1 is 1.54 bits per heavy atom. The second-order valence-corrected chi connectivity index (χ2v) is 2.38. The molecule has 8 heteroatoms. The van der Waals surface area contributed by atoms with Crippen LogP contribution in [0.1, 0.15) is 5.82 Å². The van der Waals surface area contributed by atoms with E-state index < -0.39 is 0 Å². The van der Waals surface area contributed by atoms with Crippen molar-refractivity contribution < 1.29 is 0 Å². The first kappa shape index (κ1) is 7.53. The average Bonchev–Trinajstić information content (AvgIpc) is 2.72. The molecule has 5 N–H and O–H groups in total. The standard InChI is InChI=1S/C5H8N8/c6-5-3(1-8-11-5)7-2-4-9-12-13-10-4/h1,7H,2H2,(H3,6,8,11)(H,9,10,12,13). The van der Waals surface area contributed by atoms with Gasteiger partial charge >= 0.3 is 0 Å². The molecule has 68 valence electrons. The van der Waals surface area contributed by atoms with E-state index in [2.05, 4.69) is 36.1 Å². The number of nitrogens with two attached hydrogens (primary N) is 1. The van der Waals surface area contributed by atoms with E-state index >= 15 is 0 Å². The molecule has 2 aromatic rings. The molecule has 8 nitrogen and oxygen atoms in total. The normalized spacial score (nSPS) is 10.2. The number of anilines is 2. The van der Waals surface area contributed by atoms with E-state index in [4.69, 9.17) is 5.73 Å². The SMILES string of the molecule is Nc1[nH]ncc1NCc1nn[nH]n1. The third-order valence-corrected chi connectivity index (χ3v) is 1.49. The minimum atomic E-state index is 0.459. The highest BCUT2D eigenvalue weighted by Gasteiger charge is 2.01. The van der Waals surface area contributed by atoms with Gasteiger partial charge in [0.2, 0.25) is 0 Å². The van der Waals surface area contributed by atoms with Crippen LogP contribution in [0, 0.1) is 0 Å². The van der Waals surface area contributed by atoms with Gasteiger partial charge in [-0.1, -0.05) is 5.21 Å². The first-order valence-corrected chi connectivity index (χ1v) is 3.61. The van der Waals surface area contributed by atoms with Crippen LogP contribution in [-0.2, 0) is 6.54 Å². The Balaban J connectivity index is 1.97. The van der Waals surface area contributed by atoms with Crippen molar-refractivity contribution >= 4 is 11.5 Å². The highest BCUT2D eigenvalue weighted by atomic mass is 15.5. The number of H-pyrrole nitrogens is 2. The zero-order chi connectivity index (χ0) is 9.10. The summed E-state index contributed by atoms with van der Waals surface area (Å²) in [6.45, 7) is 0.459. The number of nitrogens with zero attached hydrogens (tertiary/aromatic N) is 4. The zero-order valence-corrected chi connectivity index (χ0v) is 6.65. The number of nitrogen functional groups attached to an aromatic ring is 1. The molecular weight excluding hydrogens is 172 g/mol. The van der Waals surface area contributed by atoms with E-state index in [1.807, 2.05) is 0 Å². The Hall–Kier alpha value is -2.12. The highest BCUT2D eigenvalue weighted by molar-refractivity contribution is 5.59. The summed E-state index contributed by atoms with van der Waals surface area (Å²) in [6, 6.07) is 0. The predicted molar refractivity (Wildman–Crippen MR) is 44.5 cm³/mol. The van der Waals surface area contributed by atoms with Crippen molar-refractivity contribution in [3.8, 4) is 0 Å². The van der Waals surface area contributed by atoms with Gasteiger partial charge in [-0.25, -0.2) is 0 Å². The smallest absolute Gasteiger partial charge is 0.193 e. The molecule has 0 aliphatic heterocycles. The van der Waals surface area contributed by atoms with E-state index in [9.17, 15) is 0 Å². The molecule has 0 bridgehead atoms. The molecule has 0 saturated carbocycles. The van der Waals surface area contributed by atoms with Gasteiger partial charge in [-0.3, -0.25) is 5.10 Å². The molecule has 0 spiro atoms. The molecule has 2 aromatic heterocycles. The number of tetrazole rings is 1. The number of aromatic nitrogens is 6. The summed E-state index contributed by atoms with van der Waals surface area (Å²) < 4.78 is 0. The molecule has 0 aromatic carbocycles. The molecule has 2 rings (SSSR count). The lowest BCUT2D eigenvalue weighted by molar-refractivity contribution is 0.881. The fourth-order valence-corrected chi connectivity index (χ4v) is 0.869. The summed E-state index contributed by atoms with van der Waals surface area (Å²) in [5, 5.41) is 22.6. The fraction of sp³-hybridized carbons (Fsp3) is 0.200.